The fraction of sp³-hybridized carbons (Fsp3) is 0. The second-order valence-corrected chi connectivity index (χ2v) is 4.43. The highest BCUT2D eigenvalue weighted by atomic mass is 79.9. The molecule has 1 aromatic carbocycles. The number of ketones is 1. The van der Waals surface area contributed by atoms with E-state index >= 15 is 0 Å². The van der Waals surface area contributed by atoms with Crippen molar-refractivity contribution >= 4 is 27.9 Å². The summed E-state index contributed by atoms with van der Waals surface area (Å²) in [6, 6.07) is 13.1. The fourth-order valence-electron chi connectivity index (χ4n) is 1.38. The molecule has 0 spiro atoms. The highest BCUT2D eigenvalue weighted by Crippen LogP contribution is 2.11. The maximum absolute atomic E-state index is 11.8. The quantitative estimate of drug-likeness (QED) is 0.483. The molecule has 0 aliphatic heterocycles. The van der Waals surface area contributed by atoms with E-state index in [1.807, 2.05) is 47.3 Å². The van der Waals surface area contributed by atoms with Gasteiger partial charge in [0.1, 0.15) is 0 Å². The molecule has 0 saturated heterocycles. The number of nitrogens with zero attached hydrogens (tertiary/aromatic N) is 1. The van der Waals surface area contributed by atoms with E-state index in [4.69, 9.17) is 0 Å². The van der Waals surface area contributed by atoms with Gasteiger partial charge in [0.05, 0.1) is 6.08 Å². The summed E-state index contributed by atoms with van der Waals surface area (Å²) in [5.74, 6) is -0.00569. The fourth-order valence-corrected chi connectivity index (χ4v) is 1.64. The van der Waals surface area contributed by atoms with Crippen molar-refractivity contribution in [1.82, 2.24) is 0 Å². The molecule has 0 radical (unpaired) electrons. The van der Waals surface area contributed by atoms with Gasteiger partial charge in [-0.1, -0.05) is 22.0 Å². The zero-order chi connectivity index (χ0) is 12.1. The number of carbonyl (C=O) groups excluding carboxylic acids is 1. The van der Waals surface area contributed by atoms with Gasteiger partial charge in [-0.05, 0) is 24.3 Å². The smallest absolute Gasteiger partial charge is 0.191 e. The first-order valence-corrected chi connectivity index (χ1v) is 5.99. The summed E-state index contributed by atoms with van der Waals surface area (Å²) < 4.78 is 2.80. The number of hydrogen-bond acceptors (Lipinski definition) is 1. The average molecular weight is 289 g/mol. The van der Waals surface area contributed by atoms with Gasteiger partial charge >= 0.3 is 0 Å². The van der Waals surface area contributed by atoms with Crippen LogP contribution in [0.5, 0.6) is 0 Å². The first kappa shape index (κ1) is 11.7. The van der Waals surface area contributed by atoms with E-state index in [-0.39, 0.29) is 5.78 Å². The van der Waals surface area contributed by atoms with Crippen LogP contribution in [0.2, 0.25) is 0 Å². The van der Waals surface area contributed by atoms with Crippen molar-refractivity contribution < 1.29 is 9.36 Å². The minimum absolute atomic E-state index is 0.00569. The lowest BCUT2D eigenvalue weighted by Crippen LogP contribution is -2.23. The Labute approximate surface area is 108 Å². The molecule has 2 rings (SSSR count). The van der Waals surface area contributed by atoms with E-state index in [9.17, 15) is 4.79 Å². The van der Waals surface area contributed by atoms with E-state index in [2.05, 4.69) is 15.9 Å². The highest BCUT2D eigenvalue weighted by molar-refractivity contribution is 9.10. The summed E-state index contributed by atoms with van der Waals surface area (Å²) >= 11 is 3.34. The zero-order valence-corrected chi connectivity index (χ0v) is 10.7. The molecule has 2 nitrogen and oxygen atoms in total. The second kappa shape index (κ2) is 5.55. The second-order valence-electron chi connectivity index (χ2n) is 3.51. The van der Waals surface area contributed by atoms with Gasteiger partial charge in [0.15, 0.2) is 24.4 Å². The summed E-state index contributed by atoms with van der Waals surface area (Å²) in [4.78, 5) is 11.8. The Bertz CT molecular complexity index is 532. The van der Waals surface area contributed by atoms with Crippen LogP contribution in [0.1, 0.15) is 10.4 Å². The Morgan fingerprint density at radius 2 is 1.71 bits per heavy atom. The Kier molecular flexibility index (Phi) is 3.83. The van der Waals surface area contributed by atoms with Gasteiger partial charge in [-0.25, -0.2) is 0 Å². The molecule has 0 atom stereocenters. The molecule has 0 amide bonds. The summed E-state index contributed by atoms with van der Waals surface area (Å²) in [6.07, 6.45) is 7.06. The Hall–Kier alpha value is -1.74. The molecule has 1 heterocycles. The Morgan fingerprint density at radius 3 is 2.35 bits per heavy atom. The molecule has 0 N–H and O–H groups in total. The predicted octanol–water partition coefficient (Wildman–Crippen LogP) is 3.09. The lowest BCUT2D eigenvalue weighted by atomic mass is 10.1. The average Bonchev–Trinajstić information content (AvgIpc) is 2.38. The third-order valence-electron chi connectivity index (χ3n) is 2.27. The number of allylic oxidation sites excluding steroid dienone is 1. The number of hydrogen-bond donors (Lipinski definition) is 0. The van der Waals surface area contributed by atoms with Crippen molar-refractivity contribution in [1.29, 1.82) is 0 Å². The lowest BCUT2D eigenvalue weighted by Gasteiger charge is -1.94. The van der Waals surface area contributed by atoms with Crippen molar-refractivity contribution in [3.8, 4) is 0 Å². The molecule has 3 heteroatoms. The monoisotopic (exact) mass is 288 g/mol. The topological polar surface area (TPSA) is 20.9 Å². The molecule has 0 aliphatic carbocycles. The SMILES string of the molecule is O=C(/C=C/[n+]1ccccc1)c1ccc(Br)cc1. The Morgan fingerprint density at radius 1 is 1.06 bits per heavy atom. The Balaban J connectivity index is 2.12. The van der Waals surface area contributed by atoms with E-state index in [0.29, 0.717) is 5.56 Å². The predicted molar refractivity (Wildman–Crippen MR) is 70.4 cm³/mol. The van der Waals surface area contributed by atoms with E-state index in [0.717, 1.165) is 4.47 Å². The molecule has 0 unspecified atom stereocenters. The van der Waals surface area contributed by atoms with Gasteiger partial charge < -0.3 is 0 Å². The molecule has 0 bridgehead atoms. The third kappa shape index (κ3) is 3.36. The van der Waals surface area contributed by atoms with Crippen LogP contribution >= 0.6 is 15.9 Å². The molecule has 1 aromatic heterocycles. The van der Waals surface area contributed by atoms with Crippen molar-refractivity contribution in [3.05, 3.63) is 71.0 Å². The van der Waals surface area contributed by atoms with Gasteiger partial charge in [-0.2, -0.15) is 4.57 Å². The van der Waals surface area contributed by atoms with Gasteiger partial charge in [-0.15, -0.1) is 0 Å². The number of aromatic nitrogens is 1. The van der Waals surface area contributed by atoms with E-state index < -0.39 is 0 Å². The molecular formula is C14H11BrNO+. The van der Waals surface area contributed by atoms with Crippen LogP contribution in [0.25, 0.3) is 6.20 Å². The van der Waals surface area contributed by atoms with Crippen LogP contribution in [-0.4, -0.2) is 5.78 Å². The van der Waals surface area contributed by atoms with Crippen molar-refractivity contribution in [3.63, 3.8) is 0 Å². The van der Waals surface area contributed by atoms with Crippen LogP contribution < -0.4 is 4.57 Å². The first-order valence-electron chi connectivity index (χ1n) is 5.19. The zero-order valence-electron chi connectivity index (χ0n) is 9.08. The van der Waals surface area contributed by atoms with Crippen molar-refractivity contribution in [2.45, 2.75) is 0 Å². The number of rotatable bonds is 3. The summed E-state index contributed by atoms with van der Waals surface area (Å²) in [6.45, 7) is 0. The van der Waals surface area contributed by atoms with Crippen LogP contribution in [0.4, 0.5) is 0 Å². The van der Waals surface area contributed by atoms with Crippen LogP contribution in [0.15, 0.2) is 65.4 Å². The molecule has 17 heavy (non-hydrogen) atoms. The molecule has 2 aromatic rings. The standard InChI is InChI=1S/C14H11BrNO/c15-13-6-4-12(5-7-13)14(17)8-11-16-9-2-1-3-10-16/h1-11H/q+1/b11-8+. The lowest BCUT2D eigenvalue weighted by molar-refractivity contribution is -0.568. The molecule has 0 fully saturated rings. The first-order chi connectivity index (χ1) is 8.25. The number of halogens is 1. The molecule has 0 aliphatic rings. The highest BCUT2D eigenvalue weighted by Gasteiger charge is 2.02. The number of carbonyl (C=O) groups is 1. The largest absolute Gasteiger partial charge is 0.289 e. The number of pyridine rings is 1. The van der Waals surface area contributed by atoms with Crippen molar-refractivity contribution in [2.75, 3.05) is 0 Å². The molecule has 84 valence electrons. The minimum atomic E-state index is -0.00569. The van der Waals surface area contributed by atoms with E-state index in [1.165, 1.54) is 0 Å². The third-order valence-corrected chi connectivity index (χ3v) is 2.79. The van der Waals surface area contributed by atoms with Gasteiger partial charge in [0.2, 0.25) is 0 Å². The molecule has 0 saturated carbocycles. The van der Waals surface area contributed by atoms with E-state index in [1.54, 1.807) is 24.4 Å². The minimum Gasteiger partial charge on any atom is -0.289 e. The van der Waals surface area contributed by atoms with Gasteiger partial charge in [0, 0.05) is 22.2 Å². The van der Waals surface area contributed by atoms with Crippen LogP contribution in [0.3, 0.4) is 0 Å². The normalized spacial score (nSPS) is 10.6. The summed E-state index contributed by atoms with van der Waals surface area (Å²) in [5.41, 5.74) is 0.681. The van der Waals surface area contributed by atoms with Gasteiger partial charge in [0.25, 0.3) is 0 Å². The summed E-state index contributed by atoms with van der Waals surface area (Å²) in [7, 11) is 0. The summed E-state index contributed by atoms with van der Waals surface area (Å²) in [5, 5.41) is 0. The van der Waals surface area contributed by atoms with Crippen LogP contribution in [0, 0.1) is 0 Å². The van der Waals surface area contributed by atoms with Crippen molar-refractivity contribution in [2.24, 2.45) is 0 Å². The molecular weight excluding hydrogens is 278 g/mol. The maximum Gasteiger partial charge on any atom is 0.191 e. The number of benzene rings is 1. The van der Waals surface area contributed by atoms with Gasteiger partial charge in [-0.3, -0.25) is 4.79 Å². The van der Waals surface area contributed by atoms with Crippen LogP contribution in [-0.2, 0) is 0 Å². The maximum atomic E-state index is 11.8.